The van der Waals surface area contributed by atoms with E-state index in [-0.39, 0.29) is 5.56 Å². The molecule has 0 radical (unpaired) electrons. The van der Waals surface area contributed by atoms with Crippen molar-refractivity contribution in [3.05, 3.63) is 54.1 Å². The van der Waals surface area contributed by atoms with Crippen LogP contribution in [0.25, 0.3) is 11.1 Å². The first kappa shape index (κ1) is 16.0. The van der Waals surface area contributed by atoms with Gasteiger partial charge in [0.25, 0.3) is 0 Å². The predicted molar refractivity (Wildman–Crippen MR) is 85.4 cm³/mol. The summed E-state index contributed by atoms with van der Waals surface area (Å²) in [5, 5.41) is 9.14. The summed E-state index contributed by atoms with van der Waals surface area (Å²) in [5.74, 6) is -0.354. The van der Waals surface area contributed by atoms with Gasteiger partial charge in [-0.1, -0.05) is 30.3 Å². The molecule has 0 saturated carbocycles. The van der Waals surface area contributed by atoms with E-state index in [0.717, 1.165) is 24.0 Å². The molecule has 116 valence electrons. The zero-order chi connectivity index (χ0) is 15.8. The lowest BCUT2D eigenvalue weighted by Crippen LogP contribution is -2.03. The van der Waals surface area contributed by atoms with Crippen molar-refractivity contribution in [3.8, 4) is 16.9 Å². The van der Waals surface area contributed by atoms with Crippen LogP contribution in [0.1, 0.15) is 23.2 Å². The highest BCUT2D eigenvalue weighted by atomic mass is 16.5. The number of unbranched alkanes of at least 4 members (excludes halogenated alkanes) is 1. The molecular weight excluding hydrogens is 280 g/mol. The highest BCUT2D eigenvalue weighted by molar-refractivity contribution is 5.89. The predicted octanol–water partition coefficient (Wildman–Crippen LogP) is 3.86. The Hall–Kier alpha value is -2.33. The van der Waals surface area contributed by atoms with Gasteiger partial charge in [0.2, 0.25) is 0 Å². The number of rotatable bonds is 8. The average Bonchev–Trinajstić information content (AvgIpc) is 2.55. The Balaban J connectivity index is 2.19. The number of carbonyl (C=O) groups is 1. The van der Waals surface area contributed by atoms with Crippen LogP contribution in [0.5, 0.6) is 5.75 Å². The maximum absolute atomic E-state index is 11.1. The molecule has 2 aromatic carbocycles. The molecule has 0 amide bonds. The van der Waals surface area contributed by atoms with Crippen molar-refractivity contribution in [2.24, 2.45) is 0 Å². The van der Waals surface area contributed by atoms with E-state index in [2.05, 4.69) is 0 Å². The van der Waals surface area contributed by atoms with Gasteiger partial charge in [0.05, 0.1) is 12.2 Å². The van der Waals surface area contributed by atoms with Gasteiger partial charge in [0.15, 0.2) is 0 Å². The second-order valence-electron chi connectivity index (χ2n) is 4.93. The molecule has 22 heavy (non-hydrogen) atoms. The molecular formula is C18H20O4. The second-order valence-corrected chi connectivity index (χ2v) is 4.93. The molecule has 0 spiro atoms. The van der Waals surface area contributed by atoms with Crippen molar-refractivity contribution < 1.29 is 19.4 Å². The smallest absolute Gasteiger partial charge is 0.335 e. The number of hydrogen-bond acceptors (Lipinski definition) is 3. The van der Waals surface area contributed by atoms with E-state index in [1.54, 1.807) is 25.3 Å². The minimum atomic E-state index is -0.955. The van der Waals surface area contributed by atoms with E-state index in [1.165, 1.54) is 0 Å². The number of methoxy groups -OCH3 is 1. The molecule has 4 heteroatoms. The van der Waals surface area contributed by atoms with Gasteiger partial charge in [0.1, 0.15) is 5.75 Å². The standard InChI is InChI=1S/C18H20O4/c1-21-11-5-6-12-22-17-13-15(18(19)20)9-10-16(17)14-7-3-2-4-8-14/h2-4,7-10,13H,5-6,11-12H2,1H3,(H,19,20). The third-order valence-electron chi connectivity index (χ3n) is 3.31. The molecule has 0 fully saturated rings. The summed E-state index contributed by atoms with van der Waals surface area (Å²) in [6.45, 7) is 1.23. The van der Waals surface area contributed by atoms with Gasteiger partial charge in [-0.05, 0) is 36.6 Å². The van der Waals surface area contributed by atoms with Gasteiger partial charge >= 0.3 is 5.97 Å². The van der Waals surface area contributed by atoms with Crippen molar-refractivity contribution in [2.45, 2.75) is 12.8 Å². The van der Waals surface area contributed by atoms with Crippen molar-refractivity contribution in [1.29, 1.82) is 0 Å². The fourth-order valence-electron chi connectivity index (χ4n) is 2.16. The lowest BCUT2D eigenvalue weighted by Gasteiger charge is -2.12. The summed E-state index contributed by atoms with van der Waals surface area (Å²) in [6.07, 6.45) is 1.77. The molecule has 4 nitrogen and oxygen atoms in total. The SMILES string of the molecule is COCCCCOc1cc(C(=O)O)ccc1-c1ccccc1. The molecule has 2 aromatic rings. The molecule has 0 aliphatic carbocycles. The first-order valence-electron chi connectivity index (χ1n) is 7.27. The maximum Gasteiger partial charge on any atom is 0.335 e. The molecule has 0 aliphatic heterocycles. The summed E-state index contributed by atoms with van der Waals surface area (Å²) in [5.41, 5.74) is 2.13. The molecule has 0 aromatic heterocycles. The van der Waals surface area contributed by atoms with Crippen LogP contribution in [0.2, 0.25) is 0 Å². The molecule has 0 heterocycles. The van der Waals surface area contributed by atoms with Gasteiger partial charge < -0.3 is 14.6 Å². The molecule has 0 unspecified atom stereocenters. The Morgan fingerprint density at radius 2 is 1.77 bits per heavy atom. The van der Waals surface area contributed by atoms with Gasteiger partial charge in [-0.25, -0.2) is 4.79 Å². The Morgan fingerprint density at radius 1 is 1.05 bits per heavy atom. The summed E-state index contributed by atoms with van der Waals surface area (Å²) in [7, 11) is 1.67. The fraction of sp³-hybridized carbons (Fsp3) is 0.278. The van der Waals surface area contributed by atoms with E-state index in [0.29, 0.717) is 19.0 Å². The zero-order valence-corrected chi connectivity index (χ0v) is 12.6. The summed E-state index contributed by atoms with van der Waals surface area (Å²) >= 11 is 0. The number of hydrogen-bond donors (Lipinski definition) is 1. The van der Waals surface area contributed by atoms with Gasteiger partial charge in [-0.3, -0.25) is 0 Å². The van der Waals surface area contributed by atoms with Gasteiger partial charge in [-0.15, -0.1) is 0 Å². The fourth-order valence-corrected chi connectivity index (χ4v) is 2.16. The van der Waals surface area contributed by atoms with E-state index in [4.69, 9.17) is 14.6 Å². The Labute approximate surface area is 130 Å². The molecule has 0 bridgehead atoms. The van der Waals surface area contributed by atoms with Crippen LogP contribution >= 0.6 is 0 Å². The highest BCUT2D eigenvalue weighted by Crippen LogP contribution is 2.31. The van der Waals surface area contributed by atoms with Crippen LogP contribution < -0.4 is 4.74 Å². The minimum absolute atomic E-state index is 0.228. The third-order valence-corrected chi connectivity index (χ3v) is 3.31. The van der Waals surface area contributed by atoms with E-state index < -0.39 is 5.97 Å². The Kier molecular flexibility index (Phi) is 5.98. The maximum atomic E-state index is 11.1. The van der Waals surface area contributed by atoms with E-state index >= 15 is 0 Å². The lowest BCUT2D eigenvalue weighted by atomic mass is 10.0. The normalized spacial score (nSPS) is 10.4. The number of aromatic carboxylic acids is 1. The quantitative estimate of drug-likeness (QED) is 0.752. The molecule has 0 saturated heterocycles. The number of ether oxygens (including phenoxy) is 2. The second kappa shape index (κ2) is 8.20. The Bertz CT molecular complexity index is 608. The van der Waals surface area contributed by atoms with Crippen molar-refractivity contribution >= 4 is 5.97 Å². The molecule has 0 aliphatic rings. The van der Waals surface area contributed by atoms with Crippen molar-refractivity contribution in [1.82, 2.24) is 0 Å². The zero-order valence-electron chi connectivity index (χ0n) is 12.6. The van der Waals surface area contributed by atoms with Crippen molar-refractivity contribution in [2.75, 3.05) is 20.3 Å². The van der Waals surface area contributed by atoms with E-state index in [1.807, 2.05) is 30.3 Å². The number of carboxylic acid groups (broad SMARTS) is 1. The van der Waals surface area contributed by atoms with Crippen LogP contribution in [0.3, 0.4) is 0 Å². The monoisotopic (exact) mass is 300 g/mol. The Morgan fingerprint density at radius 3 is 2.45 bits per heavy atom. The first-order valence-corrected chi connectivity index (χ1v) is 7.27. The molecule has 1 N–H and O–H groups in total. The number of carboxylic acids is 1. The third kappa shape index (κ3) is 4.33. The lowest BCUT2D eigenvalue weighted by molar-refractivity contribution is 0.0696. The molecule has 0 atom stereocenters. The van der Waals surface area contributed by atoms with E-state index in [9.17, 15) is 4.79 Å². The first-order chi connectivity index (χ1) is 10.7. The van der Waals surface area contributed by atoms with Crippen LogP contribution in [0.15, 0.2) is 48.5 Å². The largest absolute Gasteiger partial charge is 0.493 e. The van der Waals surface area contributed by atoms with Gasteiger partial charge in [-0.2, -0.15) is 0 Å². The summed E-state index contributed by atoms with van der Waals surface area (Å²) < 4.78 is 10.8. The highest BCUT2D eigenvalue weighted by Gasteiger charge is 2.11. The minimum Gasteiger partial charge on any atom is -0.493 e. The average molecular weight is 300 g/mol. The van der Waals surface area contributed by atoms with Crippen LogP contribution in [-0.4, -0.2) is 31.4 Å². The number of benzene rings is 2. The van der Waals surface area contributed by atoms with Crippen LogP contribution in [-0.2, 0) is 4.74 Å². The van der Waals surface area contributed by atoms with Crippen LogP contribution in [0.4, 0.5) is 0 Å². The molecule has 2 rings (SSSR count). The van der Waals surface area contributed by atoms with Gasteiger partial charge in [0, 0.05) is 19.3 Å². The topological polar surface area (TPSA) is 55.8 Å². The summed E-state index contributed by atoms with van der Waals surface area (Å²) in [4.78, 5) is 11.1. The summed E-state index contributed by atoms with van der Waals surface area (Å²) in [6, 6.07) is 14.8. The van der Waals surface area contributed by atoms with Crippen LogP contribution in [0, 0.1) is 0 Å². The van der Waals surface area contributed by atoms with Crippen molar-refractivity contribution in [3.63, 3.8) is 0 Å².